The SMILES string of the molecule is Cn1ncc(C(=O)OC(C)(C)C)c1Br. The Morgan fingerprint density at radius 2 is 2.14 bits per heavy atom. The van der Waals surface area contributed by atoms with Crippen LogP contribution in [-0.4, -0.2) is 21.4 Å². The third kappa shape index (κ3) is 2.57. The summed E-state index contributed by atoms with van der Waals surface area (Å²) in [6, 6.07) is 0. The van der Waals surface area contributed by atoms with E-state index in [2.05, 4.69) is 21.0 Å². The van der Waals surface area contributed by atoms with E-state index in [0.29, 0.717) is 10.2 Å². The van der Waals surface area contributed by atoms with Crippen LogP contribution in [0.5, 0.6) is 0 Å². The van der Waals surface area contributed by atoms with Crippen molar-refractivity contribution < 1.29 is 9.53 Å². The number of rotatable bonds is 1. The lowest BCUT2D eigenvalue weighted by molar-refractivity contribution is 0.00683. The van der Waals surface area contributed by atoms with Crippen molar-refractivity contribution >= 4 is 21.9 Å². The smallest absolute Gasteiger partial charge is 0.343 e. The summed E-state index contributed by atoms with van der Waals surface area (Å²) >= 11 is 3.26. The van der Waals surface area contributed by atoms with Gasteiger partial charge in [0.25, 0.3) is 0 Å². The summed E-state index contributed by atoms with van der Waals surface area (Å²) < 4.78 is 7.40. The molecule has 0 N–H and O–H groups in total. The minimum absolute atomic E-state index is 0.363. The first-order valence-electron chi connectivity index (χ1n) is 4.22. The fourth-order valence-electron chi connectivity index (χ4n) is 0.893. The van der Waals surface area contributed by atoms with Crippen molar-refractivity contribution in [3.63, 3.8) is 0 Å². The lowest BCUT2D eigenvalue weighted by atomic mass is 10.2. The molecule has 1 rings (SSSR count). The minimum Gasteiger partial charge on any atom is -0.456 e. The Morgan fingerprint density at radius 3 is 2.50 bits per heavy atom. The molecule has 4 nitrogen and oxygen atoms in total. The van der Waals surface area contributed by atoms with Gasteiger partial charge in [0.05, 0.1) is 6.20 Å². The highest BCUT2D eigenvalue weighted by Crippen LogP contribution is 2.18. The maximum atomic E-state index is 11.6. The van der Waals surface area contributed by atoms with Crippen LogP contribution in [0.2, 0.25) is 0 Å². The zero-order chi connectivity index (χ0) is 10.9. The summed E-state index contributed by atoms with van der Waals surface area (Å²) in [4.78, 5) is 11.6. The molecule has 0 bridgehead atoms. The zero-order valence-electron chi connectivity index (χ0n) is 8.67. The van der Waals surface area contributed by atoms with Crippen LogP contribution in [0.4, 0.5) is 0 Å². The van der Waals surface area contributed by atoms with Crippen molar-refractivity contribution in [3.8, 4) is 0 Å². The standard InChI is InChI=1S/C9H13BrN2O2/c1-9(2,3)14-8(13)6-5-11-12(4)7(6)10/h5H,1-4H3. The van der Waals surface area contributed by atoms with E-state index in [9.17, 15) is 4.79 Å². The van der Waals surface area contributed by atoms with Crippen molar-refractivity contribution in [1.82, 2.24) is 9.78 Å². The highest BCUT2D eigenvalue weighted by atomic mass is 79.9. The molecule has 0 saturated heterocycles. The number of ether oxygens (including phenoxy) is 1. The number of carbonyl (C=O) groups excluding carboxylic acids is 1. The maximum absolute atomic E-state index is 11.6. The predicted molar refractivity (Wildman–Crippen MR) is 56.1 cm³/mol. The second-order valence-electron chi connectivity index (χ2n) is 3.97. The molecule has 1 aromatic heterocycles. The molecular weight excluding hydrogens is 248 g/mol. The van der Waals surface area contributed by atoms with Crippen LogP contribution in [-0.2, 0) is 11.8 Å². The molecule has 1 aromatic rings. The van der Waals surface area contributed by atoms with E-state index >= 15 is 0 Å². The Morgan fingerprint density at radius 1 is 1.57 bits per heavy atom. The first-order chi connectivity index (χ1) is 6.31. The first-order valence-corrected chi connectivity index (χ1v) is 5.01. The average Bonchev–Trinajstić information content (AvgIpc) is 2.29. The van der Waals surface area contributed by atoms with Gasteiger partial charge in [-0.1, -0.05) is 0 Å². The van der Waals surface area contributed by atoms with Crippen molar-refractivity contribution in [2.24, 2.45) is 7.05 Å². The van der Waals surface area contributed by atoms with Gasteiger partial charge in [0.15, 0.2) is 0 Å². The number of halogens is 1. The number of carbonyl (C=O) groups is 1. The number of aryl methyl sites for hydroxylation is 1. The Hall–Kier alpha value is -0.840. The maximum Gasteiger partial charge on any atom is 0.343 e. The van der Waals surface area contributed by atoms with E-state index in [0.717, 1.165) is 0 Å². The molecule has 0 radical (unpaired) electrons. The van der Waals surface area contributed by atoms with Crippen molar-refractivity contribution in [2.75, 3.05) is 0 Å². The molecule has 0 aliphatic heterocycles. The highest BCUT2D eigenvalue weighted by molar-refractivity contribution is 9.10. The van der Waals surface area contributed by atoms with Crippen molar-refractivity contribution in [3.05, 3.63) is 16.4 Å². The third-order valence-corrected chi connectivity index (χ3v) is 2.43. The fraction of sp³-hybridized carbons (Fsp3) is 0.556. The third-order valence-electron chi connectivity index (χ3n) is 1.49. The van der Waals surface area contributed by atoms with Gasteiger partial charge in [-0.3, -0.25) is 4.68 Å². The molecule has 0 spiro atoms. The summed E-state index contributed by atoms with van der Waals surface area (Å²) in [5.41, 5.74) is -0.0331. The van der Waals surface area contributed by atoms with E-state index in [1.807, 2.05) is 20.8 Å². The molecule has 0 amide bonds. The molecule has 14 heavy (non-hydrogen) atoms. The van der Waals surface area contributed by atoms with Gasteiger partial charge < -0.3 is 4.74 Å². The molecule has 0 atom stereocenters. The van der Waals surface area contributed by atoms with Crippen LogP contribution in [0, 0.1) is 0 Å². The molecule has 0 saturated carbocycles. The second-order valence-corrected chi connectivity index (χ2v) is 4.73. The summed E-state index contributed by atoms with van der Waals surface area (Å²) in [6.45, 7) is 5.49. The van der Waals surface area contributed by atoms with Crippen LogP contribution in [0.25, 0.3) is 0 Å². The molecular formula is C9H13BrN2O2. The lowest BCUT2D eigenvalue weighted by Crippen LogP contribution is -2.23. The van der Waals surface area contributed by atoms with Gasteiger partial charge in [0, 0.05) is 7.05 Å². The molecule has 78 valence electrons. The van der Waals surface area contributed by atoms with Crippen LogP contribution in [0.15, 0.2) is 10.8 Å². The van der Waals surface area contributed by atoms with Gasteiger partial charge in [-0.05, 0) is 36.7 Å². The van der Waals surface area contributed by atoms with Gasteiger partial charge in [0.1, 0.15) is 15.8 Å². The van der Waals surface area contributed by atoms with E-state index < -0.39 is 5.60 Å². The Balaban J connectivity index is 2.86. The van der Waals surface area contributed by atoms with Gasteiger partial charge in [-0.2, -0.15) is 5.10 Å². The van der Waals surface area contributed by atoms with E-state index in [-0.39, 0.29) is 5.97 Å². The van der Waals surface area contributed by atoms with Crippen LogP contribution in [0.3, 0.4) is 0 Å². The van der Waals surface area contributed by atoms with E-state index in [4.69, 9.17) is 4.74 Å². The molecule has 0 unspecified atom stereocenters. The zero-order valence-corrected chi connectivity index (χ0v) is 10.3. The average molecular weight is 261 g/mol. The molecule has 0 aromatic carbocycles. The summed E-state index contributed by atoms with van der Waals surface area (Å²) in [5.74, 6) is -0.363. The second kappa shape index (κ2) is 3.73. The highest BCUT2D eigenvalue weighted by Gasteiger charge is 2.21. The summed E-state index contributed by atoms with van der Waals surface area (Å²) in [6.07, 6.45) is 1.48. The molecule has 0 aliphatic carbocycles. The van der Waals surface area contributed by atoms with Crippen molar-refractivity contribution in [2.45, 2.75) is 26.4 Å². The molecule has 5 heteroatoms. The van der Waals surface area contributed by atoms with Crippen LogP contribution < -0.4 is 0 Å². The number of esters is 1. The normalized spacial score (nSPS) is 11.5. The van der Waals surface area contributed by atoms with Crippen LogP contribution >= 0.6 is 15.9 Å². The van der Waals surface area contributed by atoms with Crippen molar-refractivity contribution in [1.29, 1.82) is 0 Å². The van der Waals surface area contributed by atoms with Gasteiger partial charge in [0.2, 0.25) is 0 Å². The number of hydrogen-bond donors (Lipinski definition) is 0. The van der Waals surface area contributed by atoms with E-state index in [1.54, 1.807) is 11.7 Å². The summed E-state index contributed by atoms with van der Waals surface area (Å²) in [5, 5.41) is 3.94. The first kappa shape index (κ1) is 11.2. The Bertz CT molecular complexity index is 352. The van der Waals surface area contributed by atoms with Gasteiger partial charge >= 0.3 is 5.97 Å². The number of nitrogens with zero attached hydrogens (tertiary/aromatic N) is 2. The quantitative estimate of drug-likeness (QED) is 0.727. The van der Waals surface area contributed by atoms with E-state index in [1.165, 1.54) is 6.20 Å². The molecule has 0 aliphatic rings. The Kier molecular flexibility index (Phi) is 2.99. The lowest BCUT2D eigenvalue weighted by Gasteiger charge is -2.18. The Labute approximate surface area is 91.4 Å². The largest absolute Gasteiger partial charge is 0.456 e. The van der Waals surface area contributed by atoms with Gasteiger partial charge in [-0.15, -0.1) is 0 Å². The minimum atomic E-state index is -0.480. The summed E-state index contributed by atoms with van der Waals surface area (Å²) in [7, 11) is 1.75. The number of aromatic nitrogens is 2. The monoisotopic (exact) mass is 260 g/mol. The van der Waals surface area contributed by atoms with Gasteiger partial charge in [-0.25, -0.2) is 4.79 Å². The molecule has 1 heterocycles. The predicted octanol–water partition coefficient (Wildman–Crippen LogP) is 2.14. The molecule has 0 fully saturated rings. The van der Waals surface area contributed by atoms with Crippen LogP contribution in [0.1, 0.15) is 31.1 Å². The fourth-order valence-corrected chi connectivity index (χ4v) is 1.25. The topological polar surface area (TPSA) is 44.1 Å². The number of hydrogen-bond acceptors (Lipinski definition) is 3.